The Morgan fingerprint density at radius 1 is 0.234 bits per heavy atom. The number of allylic oxidation sites excluding steroid dienone is 5. The van der Waals surface area contributed by atoms with Crippen LogP contribution in [0.2, 0.25) is 0 Å². The molecule has 0 atom stereocenters. The Balaban J connectivity index is 0.000000102. The van der Waals surface area contributed by atoms with Crippen molar-refractivity contribution in [3.8, 4) is 85.4 Å². The van der Waals surface area contributed by atoms with Crippen molar-refractivity contribution in [1.82, 2.24) is 0 Å². The standard InChI is InChI=1S/C19H14O4.C19H14O2.3C18H12O3/c1-21-15-9-6-11(10-17(15)22-2)19-13-7-8-14(20)12-4-3-5-16(23-19)18(12)13;1-11-8-12(2)10-13(9-11)19-15-6-7-16(20)14-4-3-5-17(21-19)18(14)15;1-20-12-5-2-4-11(10-12)18-14-8-9-15(19)13-6-3-7-16(21-18)17(13)14;1-20-15-7-3-2-5-12(15)18-13-9-10-14(19)11-6-4-8-16(21-18)17(11)13;1-20-12-7-5-11(6-8-12)18-14-9-10-15(19)13-3-2-4-16(21-18)17(13)14/h3-10H,1-2H3;3-10H,1-2H3;3*2-10H,1H3. The molecule has 0 aliphatic heterocycles. The third kappa shape index (κ3) is 12.2. The summed E-state index contributed by atoms with van der Waals surface area (Å²) in [5.74, 6) is 7.56. The lowest BCUT2D eigenvalue weighted by Gasteiger charge is -2.09. The van der Waals surface area contributed by atoms with Crippen molar-refractivity contribution in [2.24, 2.45) is 0 Å². The van der Waals surface area contributed by atoms with Crippen LogP contribution >= 0.6 is 0 Å². The molecule has 0 radical (unpaired) electrons. The second-order valence-corrected chi connectivity index (χ2v) is 25.7. The Hall–Kier alpha value is -14.1. The first-order valence-corrected chi connectivity index (χ1v) is 34.3. The Bertz CT molecular complexity index is 6340. The summed E-state index contributed by atoms with van der Waals surface area (Å²) in [6.45, 7) is 4.16. The number of carbonyl (C=O) groups excluding carboxylic acids is 5. The summed E-state index contributed by atoms with van der Waals surface area (Å²) in [5, 5.41) is 4.47. The van der Waals surface area contributed by atoms with Gasteiger partial charge in [-0.2, -0.15) is 0 Å². The molecule has 10 aromatic carbocycles. The van der Waals surface area contributed by atoms with Crippen LogP contribution < -0.4 is 23.7 Å². The van der Waals surface area contributed by atoms with Gasteiger partial charge in [0.05, 0.1) is 41.1 Å². The van der Waals surface area contributed by atoms with Gasteiger partial charge in [-0.1, -0.05) is 102 Å². The van der Waals surface area contributed by atoms with Crippen molar-refractivity contribution in [3.63, 3.8) is 0 Å². The van der Waals surface area contributed by atoms with Gasteiger partial charge in [-0.3, -0.25) is 24.0 Å². The number of rotatable bonds is 10. The molecule has 20 rings (SSSR count). The number of carbonyl (C=O) groups is 5. The van der Waals surface area contributed by atoms with Gasteiger partial charge in [0.1, 0.15) is 74.0 Å². The minimum atomic E-state index is 0.00256. The van der Waals surface area contributed by atoms with Crippen LogP contribution in [0, 0.1) is 13.8 Å². The predicted octanol–water partition coefficient (Wildman–Crippen LogP) is 22.2. The van der Waals surface area contributed by atoms with E-state index in [0.717, 1.165) is 157 Å². The van der Waals surface area contributed by atoms with Crippen LogP contribution in [0.1, 0.15) is 90.7 Å². The van der Waals surface area contributed by atoms with Crippen molar-refractivity contribution >= 4 is 114 Å². The molecule has 0 saturated carbocycles. The van der Waals surface area contributed by atoms with E-state index < -0.39 is 0 Å². The number of ketones is 5. The van der Waals surface area contributed by atoms with E-state index in [1.54, 1.807) is 65.9 Å². The average Bonchev–Trinajstić information content (AvgIpc) is 1.64. The second kappa shape index (κ2) is 28.0. The third-order valence-electron chi connectivity index (χ3n) is 19.3. The van der Waals surface area contributed by atoms with Gasteiger partial charge in [0.2, 0.25) is 0 Å². The molecule has 0 saturated heterocycles. The lowest BCUT2D eigenvalue weighted by Crippen LogP contribution is -1.99. The lowest BCUT2D eigenvalue weighted by molar-refractivity contribution is 0.104. The van der Waals surface area contributed by atoms with E-state index in [9.17, 15) is 24.0 Å². The average molecular weight is 1410 g/mol. The second-order valence-electron chi connectivity index (χ2n) is 25.7. The first-order chi connectivity index (χ1) is 52.2. The van der Waals surface area contributed by atoms with Gasteiger partial charge in [-0.05, 0) is 184 Å². The van der Waals surface area contributed by atoms with Gasteiger partial charge in [0, 0.05) is 105 Å². The molecule has 0 N–H and O–H groups in total. The van der Waals surface area contributed by atoms with Crippen LogP contribution in [0.15, 0.2) is 253 Å². The number of ether oxygens (including phenoxy) is 5. The molecule has 0 fully saturated rings. The highest BCUT2D eigenvalue weighted by atomic mass is 16.5. The molecular weight excluding hydrogens is 1340 g/mol. The highest BCUT2D eigenvalue weighted by Crippen LogP contribution is 2.46. The summed E-state index contributed by atoms with van der Waals surface area (Å²) in [4.78, 5) is 59.9. The van der Waals surface area contributed by atoms with E-state index in [1.807, 2.05) is 212 Å². The topological polar surface area (TPSA) is 197 Å². The Labute approximate surface area is 612 Å². The fourth-order valence-corrected chi connectivity index (χ4v) is 14.4. The molecule has 5 aromatic heterocycles. The predicted molar refractivity (Wildman–Crippen MR) is 417 cm³/mol. The summed E-state index contributed by atoms with van der Waals surface area (Å²) in [6, 6.07) is 63.0. The van der Waals surface area contributed by atoms with Crippen LogP contribution in [-0.2, 0) is 0 Å². The zero-order valence-electron chi connectivity index (χ0n) is 58.9. The first kappa shape index (κ1) is 67.4. The van der Waals surface area contributed by atoms with Crippen molar-refractivity contribution in [1.29, 1.82) is 0 Å². The zero-order chi connectivity index (χ0) is 73.7. The summed E-state index contributed by atoms with van der Waals surface area (Å²) < 4.78 is 56.5. The van der Waals surface area contributed by atoms with Gasteiger partial charge >= 0.3 is 0 Å². The quantitative estimate of drug-likeness (QED) is 0.125. The molecule has 15 aromatic rings. The van der Waals surface area contributed by atoms with E-state index >= 15 is 0 Å². The number of aryl methyl sites for hydroxylation is 2. The Morgan fingerprint density at radius 2 is 0.570 bits per heavy atom. The maximum atomic E-state index is 12.0. The molecule has 5 aliphatic rings. The minimum Gasteiger partial charge on any atom is -0.497 e. The monoisotopic (exact) mass is 1410 g/mol. The summed E-state index contributed by atoms with van der Waals surface area (Å²) in [5.41, 5.74) is 19.1. The molecule has 5 aliphatic carbocycles. The number of methoxy groups -OCH3 is 5. The zero-order valence-corrected chi connectivity index (χ0v) is 58.9. The van der Waals surface area contributed by atoms with Crippen LogP contribution in [0.25, 0.3) is 142 Å². The Kier molecular flexibility index (Phi) is 17.6. The van der Waals surface area contributed by atoms with Gasteiger partial charge in [0.15, 0.2) is 40.4 Å². The molecule has 5 heterocycles. The third-order valence-corrected chi connectivity index (χ3v) is 19.3. The van der Waals surface area contributed by atoms with Crippen LogP contribution in [0.5, 0.6) is 28.7 Å². The van der Waals surface area contributed by atoms with Crippen LogP contribution in [0.3, 0.4) is 0 Å². The molecule has 522 valence electrons. The summed E-state index contributed by atoms with van der Waals surface area (Å²) in [6.07, 6.45) is 17.2. The van der Waals surface area contributed by atoms with Gasteiger partial charge in [-0.15, -0.1) is 0 Å². The highest BCUT2D eigenvalue weighted by molar-refractivity contribution is 6.24. The molecule has 0 amide bonds. The first-order valence-electron chi connectivity index (χ1n) is 34.3. The van der Waals surface area contributed by atoms with Crippen molar-refractivity contribution < 1.29 is 69.7 Å². The molecule has 0 unspecified atom stereocenters. The molecule has 15 heteroatoms. The number of benzene rings is 10. The number of para-hydroxylation sites is 1. The van der Waals surface area contributed by atoms with Crippen molar-refractivity contribution in [2.45, 2.75) is 13.8 Å². The van der Waals surface area contributed by atoms with Crippen LogP contribution in [0.4, 0.5) is 0 Å². The van der Waals surface area contributed by atoms with E-state index in [2.05, 4.69) is 32.0 Å². The van der Waals surface area contributed by atoms with E-state index in [4.69, 9.17) is 45.8 Å². The number of hydrogen-bond donors (Lipinski definition) is 0. The molecule has 15 nitrogen and oxygen atoms in total. The fourth-order valence-electron chi connectivity index (χ4n) is 14.4. The SMILES string of the molecule is COc1ccc(-c2oc3cccc4c3c2C=CC4=O)cc1.COc1ccc(-c2oc3cccc4c3c2C=CC4=O)cc1OC.COc1cccc(-c2oc3cccc4c3c2C=CC4=O)c1.COc1ccccc1-c1oc2cccc3c2c1C=CC3=O.Cc1cc(C)cc(-c2oc3cccc4c3c2C=CC4=O)c1. The molecule has 0 bridgehead atoms. The van der Waals surface area contributed by atoms with Crippen LogP contribution in [-0.4, -0.2) is 64.5 Å². The summed E-state index contributed by atoms with van der Waals surface area (Å²) in [7, 11) is 8.11. The smallest absolute Gasteiger partial charge is 0.186 e. The summed E-state index contributed by atoms with van der Waals surface area (Å²) >= 11 is 0. The normalized spacial score (nSPS) is 12.9. The van der Waals surface area contributed by atoms with E-state index in [0.29, 0.717) is 39.3 Å². The maximum Gasteiger partial charge on any atom is 0.186 e. The van der Waals surface area contributed by atoms with Crippen molar-refractivity contribution in [3.05, 3.63) is 297 Å². The molecule has 0 spiro atoms. The van der Waals surface area contributed by atoms with Gasteiger partial charge in [0.25, 0.3) is 0 Å². The number of hydrogen-bond acceptors (Lipinski definition) is 15. The van der Waals surface area contributed by atoms with Crippen molar-refractivity contribution in [2.75, 3.05) is 35.5 Å². The largest absolute Gasteiger partial charge is 0.497 e. The van der Waals surface area contributed by atoms with Gasteiger partial charge < -0.3 is 45.8 Å². The lowest BCUT2D eigenvalue weighted by atomic mass is 9.94. The maximum absolute atomic E-state index is 12.0. The van der Waals surface area contributed by atoms with Gasteiger partial charge in [-0.25, -0.2) is 0 Å². The minimum absolute atomic E-state index is 0.00256. The Morgan fingerprint density at radius 3 is 0.972 bits per heavy atom. The molecular formula is C92H64O15. The highest BCUT2D eigenvalue weighted by Gasteiger charge is 2.29. The van der Waals surface area contributed by atoms with E-state index in [1.165, 1.54) is 11.1 Å². The number of furan rings is 5. The molecule has 107 heavy (non-hydrogen) atoms. The van der Waals surface area contributed by atoms with E-state index in [-0.39, 0.29) is 28.9 Å². The fraction of sp³-hybridized carbons (Fsp3) is 0.0761.